The van der Waals surface area contributed by atoms with Crippen LogP contribution in [0.25, 0.3) is 0 Å². The molecule has 0 fully saturated rings. The second-order valence-electron chi connectivity index (χ2n) is 3.95. The van der Waals surface area contributed by atoms with E-state index in [-0.39, 0.29) is 6.10 Å². The van der Waals surface area contributed by atoms with Gasteiger partial charge in [0.05, 0.1) is 6.10 Å². The van der Waals surface area contributed by atoms with Gasteiger partial charge in [0.1, 0.15) is 0 Å². The molecule has 0 aromatic rings. The number of esters is 1. The Morgan fingerprint density at radius 3 is 2.20 bits per heavy atom. The highest BCUT2D eigenvalue weighted by atomic mass is 32.2. The van der Waals surface area contributed by atoms with Crippen molar-refractivity contribution in [2.24, 2.45) is 0 Å². The van der Waals surface area contributed by atoms with Crippen LogP contribution in [-0.2, 0) is 19.4 Å². The van der Waals surface area contributed by atoms with E-state index in [0.29, 0.717) is 12.8 Å². The number of carbonyl (C=O) groups is 1. The summed E-state index contributed by atoms with van der Waals surface area (Å²) in [6, 6.07) is 0. The summed E-state index contributed by atoms with van der Waals surface area (Å²) in [6.45, 7) is 5.36. The molecule has 90 valence electrons. The quantitative estimate of drug-likeness (QED) is 0.656. The predicted molar refractivity (Wildman–Crippen MR) is 59.4 cm³/mol. The molecular formula is C10H20O4S. The molecule has 15 heavy (non-hydrogen) atoms. The first-order chi connectivity index (χ1) is 6.79. The Morgan fingerprint density at radius 1 is 1.33 bits per heavy atom. The van der Waals surface area contributed by atoms with Crippen LogP contribution >= 0.6 is 0 Å². The van der Waals surface area contributed by atoms with Crippen LogP contribution in [0.15, 0.2) is 0 Å². The fourth-order valence-electron chi connectivity index (χ4n) is 1.20. The number of rotatable bonds is 6. The van der Waals surface area contributed by atoms with Crippen molar-refractivity contribution >= 4 is 15.8 Å². The zero-order valence-corrected chi connectivity index (χ0v) is 10.6. The van der Waals surface area contributed by atoms with Crippen molar-refractivity contribution in [1.29, 1.82) is 0 Å². The van der Waals surface area contributed by atoms with Crippen LogP contribution in [0.4, 0.5) is 0 Å². The summed E-state index contributed by atoms with van der Waals surface area (Å²) in [5.74, 6) is -0.624. The Labute approximate surface area is 91.9 Å². The van der Waals surface area contributed by atoms with Gasteiger partial charge in [0, 0.05) is 6.26 Å². The SMILES string of the molecule is CCCCC(C(=O)OC(C)C)S(C)(=O)=O. The maximum absolute atomic E-state index is 11.5. The van der Waals surface area contributed by atoms with Gasteiger partial charge in [-0.3, -0.25) is 4.79 Å². The van der Waals surface area contributed by atoms with Gasteiger partial charge in [0.25, 0.3) is 0 Å². The summed E-state index contributed by atoms with van der Waals surface area (Å²) in [5, 5.41) is -1.00. The van der Waals surface area contributed by atoms with Crippen molar-refractivity contribution in [3.05, 3.63) is 0 Å². The number of hydrogen-bond donors (Lipinski definition) is 0. The number of ether oxygens (including phenoxy) is 1. The molecule has 0 N–H and O–H groups in total. The standard InChI is InChI=1S/C10H20O4S/c1-5-6-7-9(15(4,12)13)10(11)14-8(2)3/h8-9H,5-7H2,1-4H3. The average molecular weight is 236 g/mol. The third-order valence-corrected chi connectivity index (χ3v) is 3.41. The molecule has 0 aromatic carbocycles. The van der Waals surface area contributed by atoms with E-state index in [1.165, 1.54) is 0 Å². The highest BCUT2D eigenvalue weighted by molar-refractivity contribution is 7.92. The Kier molecular flexibility index (Phi) is 5.87. The topological polar surface area (TPSA) is 60.4 Å². The maximum atomic E-state index is 11.5. The number of sulfone groups is 1. The maximum Gasteiger partial charge on any atom is 0.324 e. The summed E-state index contributed by atoms with van der Waals surface area (Å²) in [6.07, 6.45) is 2.73. The Hall–Kier alpha value is -0.580. The molecular weight excluding hydrogens is 216 g/mol. The molecule has 0 spiro atoms. The molecule has 0 aliphatic heterocycles. The molecule has 0 amide bonds. The van der Waals surface area contributed by atoms with Gasteiger partial charge in [-0.1, -0.05) is 19.8 Å². The van der Waals surface area contributed by atoms with Crippen molar-refractivity contribution in [2.75, 3.05) is 6.26 Å². The van der Waals surface area contributed by atoms with E-state index in [1.807, 2.05) is 6.92 Å². The number of carbonyl (C=O) groups excluding carboxylic acids is 1. The van der Waals surface area contributed by atoms with Gasteiger partial charge in [-0.25, -0.2) is 8.42 Å². The van der Waals surface area contributed by atoms with Crippen molar-refractivity contribution < 1.29 is 17.9 Å². The smallest absolute Gasteiger partial charge is 0.324 e. The van der Waals surface area contributed by atoms with E-state index in [1.54, 1.807) is 13.8 Å². The Balaban J connectivity index is 4.57. The molecule has 0 rings (SSSR count). The summed E-state index contributed by atoms with van der Waals surface area (Å²) < 4.78 is 27.6. The fourth-order valence-corrected chi connectivity index (χ4v) is 2.20. The normalized spacial score (nSPS) is 13.9. The molecule has 0 aliphatic carbocycles. The minimum absolute atomic E-state index is 0.275. The van der Waals surface area contributed by atoms with E-state index in [0.717, 1.165) is 12.7 Å². The molecule has 5 heteroatoms. The number of hydrogen-bond acceptors (Lipinski definition) is 4. The second-order valence-corrected chi connectivity index (χ2v) is 6.17. The lowest BCUT2D eigenvalue weighted by atomic mass is 10.2. The molecule has 0 aliphatic rings. The first-order valence-electron chi connectivity index (χ1n) is 5.18. The van der Waals surface area contributed by atoms with Crippen molar-refractivity contribution in [3.8, 4) is 0 Å². The molecule has 0 aromatic heterocycles. The van der Waals surface area contributed by atoms with E-state index < -0.39 is 21.1 Å². The third-order valence-electron chi connectivity index (χ3n) is 1.95. The second kappa shape index (κ2) is 6.10. The minimum atomic E-state index is -3.36. The highest BCUT2D eigenvalue weighted by Gasteiger charge is 2.30. The summed E-state index contributed by atoms with van der Waals surface area (Å²) in [5.41, 5.74) is 0. The molecule has 0 heterocycles. The Morgan fingerprint density at radius 2 is 1.87 bits per heavy atom. The molecule has 1 atom stereocenters. The lowest BCUT2D eigenvalue weighted by Crippen LogP contribution is -2.32. The molecule has 1 unspecified atom stereocenters. The first kappa shape index (κ1) is 14.4. The summed E-state index contributed by atoms with van der Waals surface area (Å²) in [4.78, 5) is 11.5. The molecule has 0 saturated carbocycles. The number of unbranched alkanes of at least 4 members (excludes halogenated alkanes) is 1. The zero-order valence-electron chi connectivity index (χ0n) is 9.82. The van der Waals surface area contributed by atoms with Crippen LogP contribution in [0.5, 0.6) is 0 Å². The van der Waals surface area contributed by atoms with Crippen molar-refractivity contribution in [3.63, 3.8) is 0 Å². The molecule has 0 saturated heterocycles. The van der Waals surface area contributed by atoms with Gasteiger partial charge in [-0.05, 0) is 20.3 Å². The van der Waals surface area contributed by atoms with Gasteiger partial charge in [-0.2, -0.15) is 0 Å². The van der Waals surface area contributed by atoms with Crippen LogP contribution in [0.3, 0.4) is 0 Å². The van der Waals surface area contributed by atoms with Gasteiger partial charge in [0.15, 0.2) is 15.1 Å². The molecule has 4 nitrogen and oxygen atoms in total. The summed E-state index contributed by atoms with van der Waals surface area (Å²) >= 11 is 0. The van der Waals surface area contributed by atoms with Gasteiger partial charge in [-0.15, -0.1) is 0 Å². The van der Waals surface area contributed by atoms with Gasteiger partial charge in [0.2, 0.25) is 0 Å². The van der Waals surface area contributed by atoms with Crippen LogP contribution in [0.2, 0.25) is 0 Å². The van der Waals surface area contributed by atoms with Crippen LogP contribution in [0, 0.1) is 0 Å². The minimum Gasteiger partial charge on any atom is -0.462 e. The van der Waals surface area contributed by atoms with E-state index in [4.69, 9.17) is 4.74 Å². The van der Waals surface area contributed by atoms with Crippen LogP contribution in [0.1, 0.15) is 40.0 Å². The summed E-state index contributed by atoms with van der Waals surface area (Å²) in [7, 11) is -3.36. The fraction of sp³-hybridized carbons (Fsp3) is 0.900. The first-order valence-corrected chi connectivity index (χ1v) is 7.13. The van der Waals surface area contributed by atoms with Crippen LogP contribution < -0.4 is 0 Å². The average Bonchev–Trinajstić information content (AvgIpc) is 2.00. The predicted octanol–water partition coefficient (Wildman–Crippen LogP) is 1.54. The lowest BCUT2D eigenvalue weighted by Gasteiger charge is -2.15. The largest absolute Gasteiger partial charge is 0.462 e. The zero-order chi connectivity index (χ0) is 12.1. The highest BCUT2D eigenvalue weighted by Crippen LogP contribution is 2.12. The molecule has 0 radical (unpaired) electrons. The van der Waals surface area contributed by atoms with E-state index in [9.17, 15) is 13.2 Å². The monoisotopic (exact) mass is 236 g/mol. The van der Waals surface area contributed by atoms with Gasteiger partial charge < -0.3 is 4.74 Å². The third kappa shape index (κ3) is 5.77. The molecule has 0 bridgehead atoms. The van der Waals surface area contributed by atoms with Crippen molar-refractivity contribution in [2.45, 2.75) is 51.4 Å². The van der Waals surface area contributed by atoms with Gasteiger partial charge >= 0.3 is 5.97 Å². The Bertz CT molecular complexity index is 293. The van der Waals surface area contributed by atoms with E-state index >= 15 is 0 Å². The lowest BCUT2D eigenvalue weighted by molar-refractivity contribution is -0.147. The van der Waals surface area contributed by atoms with Crippen molar-refractivity contribution in [1.82, 2.24) is 0 Å². The van der Waals surface area contributed by atoms with Crippen LogP contribution in [-0.4, -0.2) is 32.0 Å². The van der Waals surface area contributed by atoms with E-state index in [2.05, 4.69) is 0 Å².